The molecular weight excluding hydrogens is 284 g/mol. The number of nitrogens with one attached hydrogen (secondary N) is 1. The first kappa shape index (κ1) is 14.2. The molecular formula is C13H15ClN2O2S. The number of rotatable bonds is 3. The van der Waals surface area contributed by atoms with Gasteiger partial charge >= 0.3 is 0 Å². The number of anilines is 1. The maximum Gasteiger partial charge on any atom is 0.152 e. The summed E-state index contributed by atoms with van der Waals surface area (Å²) in [5, 5.41) is 12.1. The van der Waals surface area contributed by atoms with E-state index >= 15 is 0 Å². The average Bonchev–Trinajstić information content (AvgIpc) is 2.79. The smallest absolute Gasteiger partial charge is 0.152 e. The normalized spacial score (nSPS) is 23.0. The van der Waals surface area contributed by atoms with Crippen LogP contribution >= 0.6 is 11.6 Å². The van der Waals surface area contributed by atoms with Crippen molar-refractivity contribution in [2.75, 3.05) is 11.6 Å². The quantitative estimate of drug-likeness (QED) is 0.931. The Morgan fingerprint density at radius 1 is 1.42 bits per heavy atom. The Balaban J connectivity index is 2.20. The van der Waals surface area contributed by atoms with E-state index in [2.05, 4.69) is 5.32 Å². The number of nitriles is 1. The summed E-state index contributed by atoms with van der Waals surface area (Å²) in [6.07, 6.45) is 3.67. The largest absolute Gasteiger partial charge is 0.380 e. The maximum atomic E-state index is 11.7. The Hall–Kier alpha value is -1.25. The van der Waals surface area contributed by atoms with Crippen LogP contribution < -0.4 is 5.32 Å². The molecule has 0 aromatic heterocycles. The van der Waals surface area contributed by atoms with E-state index in [4.69, 9.17) is 16.9 Å². The summed E-state index contributed by atoms with van der Waals surface area (Å²) in [5.74, 6) is 0. The molecule has 2 unspecified atom stereocenters. The van der Waals surface area contributed by atoms with Crippen molar-refractivity contribution in [1.29, 1.82) is 5.26 Å². The topological polar surface area (TPSA) is 70.0 Å². The predicted octanol–water partition coefficient (Wildman–Crippen LogP) is 2.59. The van der Waals surface area contributed by atoms with Crippen molar-refractivity contribution in [3.8, 4) is 6.07 Å². The fourth-order valence-corrected chi connectivity index (χ4v) is 4.14. The van der Waals surface area contributed by atoms with Crippen molar-refractivity contribution in [2.45, 2.75) is 30.6 Å². The van der Waals surface area contributed by atoms with Gasteiger partial charge in [-0.3, -0.25) is 0 Å². The van der Waals surface area contributed by atoms with Crippen LogP contribution in [0.2, 0.25) is 5.02 Å². The van der Waals surface area contributed by atoms with E-state index in [1.54, 1.807) is 18.2 Å². The van der Waals surface area contributed by atoms with Gasteiger partial charge in [0.25, 0.3) is 0 Å². The van der Waals surface area contributed by atoms with E-state index < -0.39 is 9.84 Å². The number of hydrogen-bond donors (Lipinski definition) is 1. The van der Waals surface area contributed by atoms with Gasteiger partial charge in [0, 0.05) is 12.3 Å². The van der Waals surface area contributed by atoms with Crippen molar-refractivity contribution in [2.24, 2.45) is 0 Å². The molecule has 1 aliphatic rings. The highest BCUT2D eigenvalue weighted by Crippen LogP contribution is 2.31. The molecule has 1 aromatic carbocycles. The summed E-state index contributed by atoms with van der Waals surface area (Å²) >= 11 is 6.09. The van der Waals surface area contributed by atoms with E-state index in [0.717, 1.165) is 12.8 Å². The second-order valence-electron chi connectivity index (χ2n) is 4.86. The van der Waals surface area contributed by atoms with Gasteiger partial charge in [-0.15, -0.1) is 0 Å². The molecule has 1 aliphatic carbocycles. The molecule has 0 aliphatic heterocycles. The molecule has 0 amide bonds. The lowest BCUT2D eigenvalue weighted by Gasteiger charge is -2.21. The molecule has 102 valence electrons. The lowest BCUT2D eigenvalue weighted by atomic mass is 10.2. The summed E-state index contributed by atoms with van der Waals surface area (Å²) in [6.45, 7) is 0. The Morgan fingerprint density at radius 3 is 2.74 bits per heavy atom. The zero-order valence-corrected chi connectivity index (χ0v) is 12.1. The standard InChI is InChI=1S/C13H15ClN2O2S/c1-19(17,18)13-4-2-3-12(13)16-11-6-5-9(8-15)7-10(11)14/h5-7,12-13,16H,2-4H2,1H3. The summed E-state index contributed by atoms with van der Waals surface area (Å²) in [5.41, 5.74) is 1.17. The number of benzene rings is 1. The highest BCUT2D eigenvalue weighted by molar-refractivity contribution is 7.91. The van der Waals surface area contributed by atoms with Crippen LogP contribution in [0.5, 0.6) is 0 Å². The first-order valence-corrected chi connectivity index (χ1v) is 8.40. The maximum absolute atomic E-state index is 11.7. The zero-order chi connectivity index (χ0) is 14.0. The molecule has 0 saturated heterocycles. The van der Waals surface area contributed by atoms with Crippen molar-refractivity contribution in [3.63, 3.8) is 0 Å². The van der Waals surface area contributed by atoms with Crippen LogP contribution in [0.3, 0.4) is 0 Å². The number of halogens is 1. The third-order valence-corrected chi connectivity index (χ3v) is 5.42. The summed E-state index contributed by atoms with van der Waals surface area (Å²) in [7, 11) is -3.06. The molecule has 1 N–H and O–H groups in total. The Morgan fingerprint density at radius 2 is 2.16 bits per heavy atom. The van der Waals surface area contributed by atoms with Gasteiger partial charge in [0.15, 0.2) is 9.84 Å². The molecule has 1 aromatic rings. The first-order chi connectivity index (χ1) is 8.91. The monoisotopic (exact) mass is 298 g/mol. The van der Waals surface area contributed by atoms with Crippen molar-refractivity contribution >= 4 is 27.1 Å². The van der Waals surface area contributed by atoms with Crippen LogP contribution in [0, 0.1) is 11.3 Å². The van der Waals surface area contributed by atoms with Crippen LogP contribution in [0.1, 0.15) is 24.8 Å². The SMILES string of the molecule is CS(=O)(=O)C1CCCC1Nc1ccc(C#N)cc1Cl. The van der Waals surface area contributed by atoms with Crippen LogP contribution in [0.4, 0.5) is 5.69 Å². The van der Waals surface area contributed by atoms with Crippen molar-refractivity contribution in [3.05, 3.63) is 28.8 Å². The summed E-state index contributed by atoms with van der Waals surface area (Å²) < 4.78 is 23.4. The van der Waals surface area contributed by atoms with Gasteiger partial charge in [0.1, 0.15) is 0 Å². The molecule has 2 atom stereocenters. The van der Waals surface area contributed by atoms with E-state index in [9.17, 15) is 8.42 Å². The molecule has 19 heavy (non-hydrogen) atoms. The van der Waals surface area contributed by atoms with Crippen LogP contribution in [-0.4, -0.2) is 26.0 Å². The van der Waals surface area contributed by atoms with E-state index in [1.165, 1.54) is 6.26 Å². The molecule has 0 bridgehead atoms. The highest BCUT2D eigenvalue weighted by Gasteiger charge is 2.34. The molecule has 1 fully saturated rings. The van der Waals surface area contributed by atoms with Gasteiger partial charge < -0.3 is 5.32 Å². The molecule has 2 rings (SSSR count). The highest BCUT2D eigenvalue weighted by atomic mass is 35.5. The fraction of sp³-hybridized carbons (Fsp3) is 0.462. The van der Waals surface area contributed by atoms with Gasteiger partial charge in [0.2, 0.25) is 0 Å². The molecule has 4 nitrogen and oxygen atoms in total. The number of sulfone groups is 1. The van der Waals surface area contributed by atoms with Crippen molar-refractivity contribution in [1.82, 2.24) is 0 Å². The molecule has 0 radical (unpaired) electrons. The van der Waals surface area contributed by atoms with Crippen LogP contribution in [-0.2, 0) is 9.84 Å². The molecule has 6 heteroatoms. The van der Waals surface area contributed by atoms with E-state index in [1.807, 2.05) is 6.07 Å². The summed E-state index contributed by atoms with van der Waals surface area (Å²) in [6, 6.07) is 6.87. The predicted molar refractivity (Wildman–Crippen MR) is 76.1 cm³/mol. The van der Waals surface area contributed by atoms with Gasteiger partial charge in [-0.25, -0.2) is 8.42 Å². The third-order valence-electron chi connectivity index (χ3n) is 3.44. The minimum Gasteiger partial charge on any atom is -0.380 e. The second kappa shape index (κ2) is 5.40. The van der Waals surface area contributed by atoms with Crippen LogP contribution in [0.25, 0.3) is 0 Å². The van der Waals surface area contributed by atoms with Crippen molar-refractivity contribution < 1.29 is 8.42 Å². The Bertz CT molecular complexity index is 622. The third kappa shape index (κ3) is 3.20. The Labute approximate surface area is 118 Å². The van der Waals surface area contributed by atoms with Crippen LogP contribution in [0.15, 0.2) is 18.2 Å². The van der Waals surface area contributed by atoms with Gasteiger partial charge in [-0.05, 0) is 37.5 Å². The second-order valence-corrected chi connectivity index (χ2v) is 7.53. The average molecular weight is 299 g/mol. The molecule has 0 spiro atoms. The van der Waals surface area contributed by atoms with E-state index in [-0.39, 0.29) is 11.3 Å². The van der Waals surface area contributed by atoms with Gasteiger partial charge in [-0.2, -0.15) is 5.26 Å². The lowest BCUT2D eigenvalue weighted by Crippen LogP contribution is -2.34. The van der Waals surface area contributed by atoms with E-state index in [0.29, 0.717) is 22.7 Å². The first-order valence-electron chi connectivity index (χ1n) is 6.07. The number of hydrogen-bond acceptors (Lipinski definition) is 4. The Kier molecular flexibility index (Phi) is 4.02. The number of nitrogens with zero attached hydrogens (tertiary/aromatic N) is 1. The molecule has 1 saturated carbocycles. The minimum absolute atomic E-state index is 0.111. The lowest BCUT2D eigenvalue weighted by molar-refractivity contribution is 0.579. The zero-order valence-electron chi connectivity index (χ0n) is 10.6. The van der Waals surface area contributed by atoms with Gasteiger partial charge in [-0.1, -0.05) is 11.6 Å². The minimum atomic E-state index is -3.06. The molecule has 0 heterocycles. The summed E-state index contributed by atoms with van der Waals surface area (Å²) in [4.78, 5) is 0. The fourth-order valence-electron chi connectivity index (χ4n) is 2.51. The van der Waals surface area contributed by atoms with Gasteiger partial charge in [0.05, 0.1) is 27.6 Å².